The molecule has 1 heterocycles. The van der Waals surface area contributed by atoms with E-state index in [1.54, 1.807) is 0 Å². The number of hydrogen-bond donors (Lipinski definition) is 1. The lowest BCUT2D eigenvalue weighted by atomic mass is 9.79. The summed E-state index contributed by atoms with van der Waals surface area (Å²) in [7, 11) is 0.755. The Morgan fingerprint density at radius 1 is 1.20 bits per heavy atom. The number of hydrogen-bond acceptors (Lipinski definition) is 6. The molecule has 0 spiro atoms. The zero-order valence-corrected chi connectivity index (χ0v) is 19.7. The van der Waals surface area contributed by atoms with E-state index in [2.05, 4.69) is 48.6 Å². The number of ether oxygens (including phenoxy) is 1. The molecule has 1 aliphatic rings. The number of nitrogens with zero attached hydrogens (tertiary/aromatic N) is 1. The second-order valence-corrected chi connectivity index (χ2v) is 11.1. The molecule has 2 aromatic rings. The van der Waals surface area contributed by atoms with Crippen LogP contribution in [0.25, 0.3) is 0 Å². The summed E-state index contributed by atoms with van der Waals surface area (Å²) in [6.45, 7) is 0. The Labute approximate surface area is 187 Å². The van der Waals surface area contributed by atoms with Crippen molar-refractivity contribution in [3.63, 3.8) is 0 Å². The lowest BCUT2D eigenvalue weighted by molar-refractivity contribution is 0.151. The van der Waals surface area contributed by atoms with Crippen molar-refractivity contribution in [1.29, 1.82) is 0 Å². The Morgan fingerprint density at radius 3 is 2.37 bits per heavy atom. The van der Waals surface area contributed by atoms with Crippen LogP contribution >= 0.6 is 22.9 Å². The zero-order chi connectivity index (χ0) is 21.9. The first kappa shape index (κ1) is 23.1. The van der Waals surface area contributed by atoms with Gasteiger partial charge in [-0.25, -0.2) is 13.2 Å². The number of sulfone groups is 1. The Balaban J connectivity index is 1.56. The Bertz CT molecular complexity index is 968. The van der Waals surface area contributed by atoms with E-state index in [1.165, 1.54) is 10.9 Å². The van der Waals surface area contributed by atoms with Gasteiger partial charge in [-0.3, -0.25) is 0 Å². The minimum absolute atomic E-state index is 0.0203. The molecule has 1 aromatic carbocycles. The molecule has 0 saturated heterocycles. The average Bonchev–Trinajstić information content (AvgIpc) is 3.04. The Kier molecular flexibility index (Phi) is 7.44. The molecule has 1 fully saturated rings. The maximum Gasteiger partial charge on any atom is 0.413 e. The van der Waals surface area contributed by atoms with Gasteiger partial charge in [0.2, 0.25) is 5.06 Å². The summed E-state index contributed by atoms with van der Waals surface area (Å²) in [5.41, 5.74) is 1.31. The van der Waals surface area contributed by atoms with Crippen molar-refractivity contribution in [2.45, 2.75) is 42.7 Å². The summed E-state index contributed by atoms with van der Waals surface area (Å²) in [4.78, 5) is 14.5. The van der Waals surface area contributed by atoms with E-state index < -0.39 is 15.9 Å². The van der Waals surface area contributed by atoms with Crippen LogP contribution in [0.1, 0.15) is 37.3 Å². The Morgan fingerprint density at radius 2 is 1.83 bits per heavy atom. The highest BCUT2D eigenvalue weighted by molar-refractivity contribution is 7.91. The number of benzene rings is 1. The summed E-state index contributed by atoms with van der Waals surface area (Å²) in [5.74, 6) is 0.514. The van der Waals surface area contributed by atoms with Crippen molar-refractivity contribution in [2.75, 3.05) is 20.4 Å². The number of thiophene rings is 1. The molecule has 1 unspecified atom stereocenters. The largest absolute Gasteiger partial charge is 0.413 e. The van der Waals surface area contributed by atoms with Crippen molar-refractivity contribution in [3.8, 4) is 5.06 Å². The molecule has 3 rings (SSSR count). The highest BCUT2D eigenvalue weighted by atomic mass is 35.5. The smallest absolute Gasteiger partial charge is 0.398 e. The molecule has 0 radical (unpaired) electrons. The second kappa shape index (κ2) is 9.68. The highest BCUT2D eigenvalue weighted by Crippen LogP contribution is 2.39. The summed E-state index contributed by atoms with van der Waals surface area (Å²) in [6.07, 6.45) is 4.20. The zero-order valence-electron chi connectivity index (χ0n) is 17.3. The van der Waals surface area contributed by atoms with Crippen molar-refractivity contribution in [3.05, 3.63) is 46.3 Å². The predicted molar refractivity (Wildman–Crippen MR) is 120 cm³/mol. The van der Waals surface area contributed by atoms with Gasteiger partial charge in [0, 0.05) is 23.7 Å². The van der Waals surface area contributed by atoms with Gasteiger partial charge < -0.3 is 15.0 Å². The number of halogens is 1. The fourth-order valence-corrected chi connectivity index (χ4v) is 6.84. The summed E-state index contributed by atoms with van der Waals surface area (Å²) in [5, 5.41) is 4.33. The predicted octanol–water partition coefficient (Wildman–Crippen LogP) is 4.76. The van der Waals surface area contributed by atoms with Crippen molar-refractivity contribution in [2.24, 2.45) is 5.92 Å². The van der Waals surface area contributed by atoms with E-state index in [1.807, 2.05) is 6.07 Å². The van der Waals surface area contributed by atoms with E-state index in [4.69, 9.17) is 16.3 Å². The Hall–Kier alpha value is -1.61. The number of carbonyl (C=O) groups excluding carboxylic acids is 1. The molecular formula is C21H27ClN2O4S2. The standard InChI is InChI=1S/C21H27ClN2O4S2/c1-24(2)19(14-7-5-4-6-8-14)15-9-11-16(12-10-15)23-21(25)28-20-18(22)17(13-29-20)30(3,26)27/h4-8,13,15-16,19H,9-12H2,1-3H3,(H,23,25). The van der Waals surface area contributed by atoms with Crippen LogP contribution in [-0.2, 0) is 9.84 Å². The third-order valence-electron chi connectivity index (χ3n) is 5.49. The molecule has 1 amide bonds. The maximum absolute atomic E-state index is 12.3. The van der Waals surface area contributed by atoms with Gasteiger partial charge >= 0.3 is 6.09 Å². The average molecular weight is 471 g/mol. The molecule has 1 aliphatic carbocycles. The van der Waals surface area contributed by atoms with Crippen LogP contribution in [-0.4, -0.2) is 45.8 Å². The minimum atomic E-state index is -3.46. The molecule has 30 heavy (non-hydrogen) atoms. The van der Waals surface area contributed by atoms with Gasteiger partial charge in [0.25, 0.3) is 0 Å². The lowest BCUT2D eigenvalue weighted by Crippen LogP contribution is -2.41. The van der Waals surface area contributed by atoms with Gasteiger partial charge in [-0.2, -0.15) is 0 Å². The van der Waals surface area contributed by atoms with Crippen LogP contribution in [0, 0.1) is 5.92 Å². The van der Waals surface area contributed by atoms with Crippen molar-refractivity contribution in [1.82, 2.24) is 10.2 Å². The first-order valence-electron chi connectivity index (χ1n) is 9.83. The van der Waals surface area contributed by atoms with Crippen LogP contribution in [0.5, 0.6) is 5.06 Å². The fourth-order valence-electron chi connectivity index (χ4n) is 4.13. The van der Waals surface area contributed by atoms with Gasteiger partial charge in [0.1, 0.15) is 5.02 Å². The van der Waals surface area contributed by atoms with E-state index in [0.717, 1.165) is 43.3 Å². The van der Waals surface area contributed by atoms with Crippen LogP contribution in [0.2, 0.25) is 5.02 Å². The van der Waals surface area contributed by atoms with Crippen molar-refractivity contribution >= 4 is 38.9 Å². The van der Waals surface area contributed by atoms with Gasteiger partial charge in [-0.1, -0.05) is 41.9 Å². The van der Waals surface area contributed by atoms with Gasteiger partial charge in [0.05, 0.1) is 4.90 Å². The molecule has 164 valence electrons. The van der Waals surface area contributed by atoms with Crippen LogP contribution in [0.3, 0.4) is 0 Å². The monoisotopic (exact) mass is 470 g/mol. The topological polar surface area (TPSA) is 75.7 Å². The number of amides is 1. The molecule has 1 N–H and O–H groups in total. The number of rotatable bonds is 6. The highest BCUT2D eigenvalue weighted by Gasteiger charge is 2.31. The first-order chi connectivity index (χ1) is 14.2. The minimum Gasteiger partial charge on any atom is -0.398 e. The van der Waals surface area contributed by atoms with Gasteiger partial charge in [-0.05, 0) is 51.3 Å². The van der Waals surface area contributed by atoms with Crippen molar-refractivity contribution < 1.29 is 17.9 Å². The quantitative estimate of drug-likeness (QED) is 0.659. The van der Waals surface area contributed by atoms with E-state index in [0.29, 0.717) is 12.0 Å². The summed E-state index contributed by atoms with van der Waals surface area (Å²) in [6, 6.07) is 10.9. The van der Waals surface area contributed by atoms with Gasteiger partial charge in [0.15, 0.2) is 9.84 Å². The number of nitrogens with one attached hydrogen (secondary N) is 1. The molecule has 0 aliphatic heterocycles. The molecular weight excluding hydrogens is 444 g/mol. The first-order valence-corrected chi connectivity index (χ1v) is 13.0. The van der Waals surface area contributed by atoms with Crippen LogP contribution in [0.15, 0.2) is 40.6 Å². The fraction of sp³-hybridized carbons (Fsp3) is 0.476. The normalized spacial score (nSPS) is 20.7. The number of carbonyl (C=O) groups is 1. The maximum atomic E-state index is 12.3. The SMILES string of the molecule is CN(C)C(c1ccccc1)C1CCC(NC(=O)Oc2scc(S(C)(=O)=O)c2Cl)CC1. The lowest BCUT2D eigenvalue weighted by Gasteiger charge is -2.37. The van der Waals surface area contributed by atoms with Crippen LogP contribution < -0.4 is 10.1 Å². The van der Waals surface area contributed by atoms with E-state index in [9.17, 15) is 13.2 Å². The van der Waals surface area contributed by atoms with Gasteiger partial charge in [-0.15, -0.1) is 11.3 Å². The molecule has 1 aromatic heterocycles. The van der Waals surface area contributed by atoms with E-state index >= 15 is 0 Å². The molecule has 1 atom stereocenters. The third-order valence-corrected chi connectivity index (χ3v) is 8.22. The molecule has 6 nitrogen and oxygen atoms in total. The second-order valence-electron chi connectivity index (χ2n) is 7.94. The molecule has 9 heteroatoms. The molecule has 1 saturated carbocycles. The molecule has 0 bridgehead atoms. The van der Waals surface area contributed by atoms with Crippen LogP contribution in [0.4, 0.5) is 4.79 Å². The van der Waals surface area contributed by atoms with E-state index in [-0.39, 0.29) is 21.0 Å². The summed E-state index contributed by atoms with van der Waals surface area (Å²) < 4.78 is 28.6. The summed E-state index contributed by atoms with van der Waals surface area (Å²) >= 11 is 7.06. The third kappa shape index (κ3) is 5.55.